The summed E-state index contributed by atoms with van der Waals surface area (Å²) < 4.78 is 0.972. The molecule has 0 atom stereocenters. The van der Waals surface area contributed by atoms with Gasteiger partial charge in [0.1, 0.15) is 5.75 Å². The number of nitrogens with two attached hydrogens (primary N) is 1. The molecule has 0 bridgehead atoms. The minimum absolute atomic E-state index is 0.363. The number of unbranched alkanes of at least 4 members (excludes halogenated alkanes) is 1. The van der Waals surface area contributed by atoms with Crippen molar-refractivity contribution in [2.24, 2.45) is 5.73 Å². The minimum atomic E-state index is 0.363. The fourth-order valence-electron chi connectivity index (χ4n) is 1.34. The van der Waals surface area contributed by atoms with E-state index in [2.05, 4.69) is 22.0 Å². The molecule has 0 unspecified atom stereocenters. The fraction of sp³-hybridized carbons (Fsp3) is 0.455. The highest BCUT2D eigenvalue weighted by molar-refractivity contribution is 9.10. The Morgan fingerprint density at radius 2 is 2.07 bits per heavy atom. The van der Waals surface area contributed by atoms with Crippen molar-refractivity contribution < 1.29 is 5.11 Å². The van der Waals surface area contributed by atoms with Crippen molar-refractivity contribution in [2.45, 2.75) is 26.2 Å². The Bertz CT molecular complexity index is 289. The van der Waals surface area contributed by atoms with Gasteiger partial charge in [0, 0.05) is 10.0 Å². The lowest BCUT2D eigenvalue weighted by Gasteiger charge is -2.06. The maximum absolute atomic E-state index is 9.58. The van der Waals surface area contributed by atoms with Crippen molar-refractivity contribution in [1.82, 2.24) is 0 Å². The molecule has 0 fully saturated rings. The summed E-state index contributed by atoms with van der Waals surface area (Å²) >= 11 is 3.42. The number of hydrogen-bond donors (Lipinski definition) is 2. The molecule has 0 aliphatic heterocycles. The summed E-state index contributed by atoms with van der Waals surface area (Å²) in [5.41, 5.74) is 7.47. The van der Waals surface area contributed by atoms with Gasteiger partial charge in [0.25, 0.3) is 0 Å². The average Bonchev–Trinajstić information content (AvgIpc) is 2.14. The van der Waals surface area contributed by atoms with Crippen molar-refractivity contribution in [3.8, 4) is 5.75 Å². The first-order valence-corrected chi connectivity index (χ1v) is 5.62. The van der Waals surface area contributed by atoms with Gasteiger partial charge in [-0.05, 0) is 50.4 Å². The van der Waals surface area contributed by atoms with Crippen LogP contribution in [-0.4, -0.2) is 11.7 Å². The van der Waals surface area contributed by atoms with Crippen molar-refractivity contribution in [3.63, 3.8) is 0 Å². The first kappa shape index (κ1) is 11.5. The van der Waals surface area contributed by atoms with Crippen LogP contribution in [0.15, 0.2) is 16.6 Å². The molecular formula is C11H16BrNO. The lowest BCUT2D eigenvalue weighted by molar-refractivity contribution is 0.469. The molecule has 0 saturated heterocycles. The molecule has 2 nitrogen and oxygen atoms in total. The summed E-state index contributed by atoms with van der Waals surface area (Å²) in [5, 5.41) is 9.58. The molecule has 14 heavy (non-hydrogen) atoms. The van der Waals surface area contributed by atoms with E-state index in [1.807, 2.05) is 13.0 Å². The van der Waals surface area contributed by atoms with Crippen molar-refractivity contribution in [2.75, 3.05) is 6.54 Å². The van der Waals surface area contributed by atoms with E-state index >= 15 is 0 Å². The van der Waals surface area contributed by atoms with Crippen molar-refractivity contribution in [3.05, 3.63) is 27.7 Å². The van der Waals surface area contributed by atoms with E-state index in [0.717, 1.165) is 41.4 Å². The Morgan fingerprint density at radius 1 is 1.36 bits per heavy atom. The van der Waals surface area contributed by atoms with Crippen LogP contribution in [0.25, 0.3) is 0 Å². The van der Waals surface area contributed by atoms with Gasteiger partial charge < -0.3 is 10.8 Å². The number of hydrogen-bond acceptors (Lipinski definition) is 2. The quantitative estimate of drug-likeness (QED) is 0.816. The van der Waals surface area contributed by atoms with Crippen LogP contribution in [0.1, 0.15) is 24.0 Å². The molecule has 1 rings (SSSR count). The standard InChI is InChI=1S/C11H16BrNO/c1-8-10(12)6-9(7-11(8)14)4-2-3-5-13/h6-7,14H,2-5,13H2,1H3. The molecule has 78 valence electrons. The Labute approximate surface area is 93.3 Å². The Balaban J connectivity index is 2.69. The zero-order valence-corrected chi connectivity index (χ0v) is 9.97. The Morgan fingerprint density at radius 3 is 2.64 bits per heavy atom. The first-order chi connectivity index (χ1) is 6.65. The molecule has 0 radical (unpaired) electrons. The van der Waals surface area contributed by atoms with Gasteiger partial charge in [-0.3, -0.25) is 0 Å². The summed E-state index contributed by atoms with van der Waals surface area (Å²) in [4.78, 5) is 0. The van der Waals surface area contributed by atoms with Crippen LogP contribution >= 0.6 is 15.9 Å². The lowest BCUT2D eigenvalue weighted by atomic mass is 10.1. The zero-order valence-electron chi connectivity index (χ0n) is 8.39. The van der Waals surface area contributed by atoms with Gasteiger partial charge in [-0.1, -0.05) is 15.9 Å². The van der Waals surface area contributed by atoms with E-state index in [1.54, 1.807) is 0 Å². The van der Waals surface area contributed by atoms with Gasteiger partial charge >= 0.3 is 0 Å². The van der Waals surface area contributed by atoms with Gasteiger partial charge in [0.2, 0.25) is 0 Å². The average molecular weight is 258 g/mol. The molecule has 0 heterocycles. The lowest BCUT2D eigenvalue weighted by Crippen LogP contribution is -1.99. The maximum Gasteiger partial charge on any atom is 0.119 e. The van der Waals surface area contributed by atoms with Crippen LogP contribution in [0.2, 0.25) is 0 Å². The number of rotatable bonds is 4. The predicted molar refractivity (Wildman–Crippen MR) is 62.5 cm³/mol. The molecule has 1 aromatic carbocycles. The van der Waals surface area contributed by atoms with Crippen LogP contribution in [0.3, 0.4) is 0 Å². The normalized spacial score (nSPS) is 10.5. The number of phenols is 1. The van der Waals surface area contributed by atoms with Crippen LogP contribution in [0.4, 0.5) is 0 Å². The molecule has 0 amide bonds. The third kappa shape index (κ3) is 3.00. The van der Waals surface area contributed by atoms with Crippen LogP contribution < -0.4 is 5.73 Å². The van der Waals surface area contributed by atoms with E-state index < -0.39 is 0 Å². The van der Waals surface area contributed by atoms with Crippen molar-refractivity contribution >= 4 is 15.9 Å². The van der Waals surface area contributed by atoms with Gasteiger partial charge in [0.05, 0.1) is 0 Å². The largest absolute Gasteiger partial charge is 0.508 e. The maximum atomic E-state index is 9.58. The molecule has 0 aromatic heterocycles. The minimum Gasteiger partial charge on any atom is -0.508 e. The van der Waals surface area contributed by atoms with E-state index in [0.29, 0.717) is 5.75 Å². The van der Waals surface area contributed by atoms with Gasteiger partial charge in [0.15, 0.2) is 0 Å². The second-order valence-electron chi connectivity index (χ2n) is 3.47. The monoisotopic (exact) mass is 257 g/mol. The third-order valence-corrected chi connectivity index (χ3v) is 3.12. The number of phenolic OH excluding ortho intramolecular Hbond substituents is 1. The molecule has 0 spiro atoms. The van der Waals surface area contributed by atoms with Crippen LogP contribution in [0, 0.1) is 6.92 Å². The fourth-order valence-corrected chi connectivity index (χ4v) is 1.83. The first-order valence-electron chi connectivity index (χ1n) is 4.83. The summed E-state index contributed by atoms with van der Waals surface area (Å²) in [6.45, 7) is 2.63. The molecule has 1 aromatic rings. The van der Waals surface area contributed by atoms with E-state index in [-0.39, 0.29) is 0 Å². The highest BCUT2D eigenvalue weighted by Gasteiger charge is 2.03. The molecule has 0 aliphatic rings. The summed E-state index contributed by atoms with van der Waals surface area (Å²) in [6, 6.07) is 3.89. The molecule has 0 saturated carbocycles. The highest BCUT2D eigenvalue weighted by atomic mass is 79.9. The van der Waals surface area contributed by atoms with Gasteiger partial charge in [-0.15, -0.1) is 0 Å². The smallest absolute Gasteiger partial charge is 0.119 e. The second kappa shape index (κ2) is 5.37. The molecule has 3 N–H and O–H groups in total. The van der Waals surface area contributed by atoms with Crippen LogP contribution in [-0.2, 0) is 6.42 Å². The number of halogens is 1. The summed E-state index contributed by atoms with van der Waals surface area (Å²) in [6.07, 6.45) is 3.08. The number of aromatic hydroxyl groups is 1. The summed E-state index contributed by atoms with van der Waals surface area (Å²) in [5.74, 6) is 0.363. The molecule has 0 aliphatic carbocycles. The van der Waals surface area contributed by atoms with Gasteiger partial charge in [-0.25, -0.2) is 0 Å². The number of aryl methyl sites for hydroxylation is 1. The van der Waals surface area contributed by atoms with Gasteiger partial charge in [-0.2, -0.15) is 0 Å². The van der Waals surface area contributed by atoms with E-state index in [9.17, 15) is 5.11 Å². The predicted octanol–water partition coefficient (Wildman–Crippen LogP) is 2.74. The zero-order chi connectivity index (χ0) is 10.6. The Kier molecular flexibility index (Phi) is 4.42. The third-order valence-electron chi connectivity index (χ3n) is 2.30. The second-order valence-corrected chi connectivity index (χ2v) is 4.32. The highest BCUT2D eigenvalue weighted by Crippen LogP contribution is 2.27. The topological polar surface area (TPSA) is 46.2 Å². The number of benzene rings is 1. The van der Waals surface area contributed by atoms with Crippen molar-refractivity contribution in [1.29, 1.82) is 0 Å². The molecule has 3 heteroatoms. The SMILES string of the molecule is Cc1c(O)cc(CCCCN)cc1Br. The van der Waals surface area contributed by atoms with Crippen LogP contribution in [0.5, 0.6) is 5.75 Å². The molecular weight excluding hydrogens is 242 g/mol. The summed E-state index contributed by atoms with van der Waals surface area (Å²) in [7, 11) is 0. The Hall–Kier alpha value is -0.540. The van der Waals surface area contributed by atoms with E-state index in [4.69, 9.17) is 5.73 Å². The van der Waals surface area contributed by atoms with E-state index in [1.165, 1.54) is 0 Å².